The summed E-state index contributed by atoms with van der Waals surface area (Å²) >= 11 is 1.53. The Balaban J connectivity index is 2.07. The molecular weight excluding hydrogens is 372 g/mol. The van der Waals surface area contributed by atoms with Crippen molar-refractivity contribution >= 4 is 33.3 Å². The molecule has 0 fully saturated rings. The van der Waals surface area contributed by atoms with E-state index in [1.165, 1.54) is 18.3 Å². The van der Waals surface area contributed by atoms with Crippen molar-refractivity contribution in [3.63, 3.8) is 0 Å². The maximum Gasteiger partial charge on any atom is 0.308 e. The average molecular weight is 388 g/mol. The molecule has 2 aromatic heterocycles. The third-order valence-corrected chi connectivity index (χ3v) is 5.41. The predicted molar refractivity (Wildman–Crippen MR) is 110 cm³/mol. The van der Waals surface area contributed by atoms with Crippen molar-refractivity contribution < 1.29 is 14.3 Å². The van der Waals surface area contributed by atoms with Gasteiger partial charge in [0, 0.05) is 22.8 Å². The second kappa shape index (κ2) is 7.25. The van der Waals surface area contributed by atoms with E-state index in [9.17, 15) is 9.59 Å². The molecule has 0 spiro atoms. The maximum atomic E-state index is 12.1. The van der Waals surface area contributed by atoms with E-state index in [1.54, 1.807) is 0 Å². The number of fused-ring (bicyclic) bond motifs is 1. The van der Waals surface area contributed by atoms with Crippen LogP contribution in [0.25, 0.3) is 31.8 Å². The molecule has 138 valence electrons. The lowest BCUT2D eigenvalue weighted by Gasteiger charge is -2.11. The summed E-state index contributed by atoms with van der Waals surface area (Å²) < 4.78 is 6.19. The number of rotatable bonds is 4. The Morgan fingerprint density at radius 1 is 0.964 bits per heavy atom. The van der Waals surface area contributed by atoms with Crippen molar-refractivity contribution in [3.05, 3.63) is 72.4 Å². The molecule has 2 heterocycles. The fraction of sp³-hybridized carbons (Fsp3) is 0.0455. The van der Waals surface area contributed by atoms with Crippen LogP contribution in [0.3, 0.4) is 0 Å². The number of primary amides is 1. The van der Waals surface area contributed by atoms with Gasteiger partial charge in [-0.3, -0.25) is 9.59 Å². The number of ether oxygens (including phenoxy) is 1. The average Bonchev–Trinajstić information content (AvgIpc) is 3.14. The highest BCUT2D eigenvalue weighted by Crippen LogP contribution is 2.43. The van der Waals surface area contributed by atoms with E-state index < -0.39 is 11.9 Å². The fourth-order valence-electron chi connectivity index (χ4n) is 3.03. The van der Waals surface area contributed by atoms with Crippen LogP contribution in [0.1, 0.15) is 17.4 Å². The van der Waals surface area contributed by atoms with Crippen molar-refractivity contribution in [1.29, 1.82) is 0 Å². The van der Waals surface area contributed by atoms with E-state index in [-0.39, 0.29) is 11.4 Å². The lowest BCUT2D eigenvalue weighted by atomic mass is 10.1. The molecule has 6 heteroatoms. The lowest BCUT2D eigenvalue weighted by molar-refractivity contribution is -0.131. The zero-order valence-corrected chi connectivity index (χ0v) is 15.8. The summed E-state index contributed by atoms with van der Waals surface area (Å²) in [5.74, 6) is -1.18. The Morgan fingerprint density at radius 3 is 2.14 bits per heavy atom. The highest BCUT2D eigenvalue weighted by Gasteiger charge is 2.23. The Kier molecular flexibility index (Phi) is 4.63. The van der Waals surface area contributed by atoms with Gasteiger partial charge >= 0.3 is 5.97 Å². The number of pyridine rings is 1. The van der Waals surface area contributed by atoms with Crippen LogP contribution in [0.4, 0.5) is 0 Å². The van der Waals surface area contributed by atoms with Crippen LogP contribution >= 0.6 is 11.3 Å². The number of amides is 1. The molecule has 2 aromatic carbocycles. The minimum absolute atomic E-state index is 0.0565. The molecule has 0 aliphatic carbocycles. The monoisotopic (exact) mass is 388 g/mol. The molecule has 4 rings (SSSR count). The normalized spacial score (nSPS) is 10.8. The van der Waals surface area contributed by atoms with Gasteiger partial charge < -0.3 is 10.5 Å². The second-order valence-electron chi connectivity index (χ2n) is 6.18. The van der Waals surface area contributed by atoms with Gasteiger partial charge in [0.1, 0.15) is 0 Å². The summed E-state index contributed by atoms with van der Waals surface area (Å²) in [6.07, 6.45) is 0. The lowest BCUT2D eigenvalue weighted by Crippen LogP contribution is -2.17. The van der Waals surface area contributed by atoms with Crippen LogP contribution in [0.5, 0.6) is 5.75 Å². The molecule has 5 nitrogen and oxygen atoms in total. The van der Waals surface area contributed by atoms with Gasteiger partial charge in [0.25, 0.3) is 5.91 Å². The van der Waals surface area contributed by atoms with Crippen molar-refractivity contribution in [1.82, 2.24) is 4.98 Å². The number of carbonyl (C=O) groups is 2. The summed E-state index contributed by atoms with van der Waals surface area (Å²) in [6.45, 7) is 1.28. The third-order valence-electron chi connectivity index (χ3n) is 4.22. The maximum absolute atomic E-state index is 12.1. The largest absolute Gasteiger partial charge is 0.423 e. The highest BCUT2D eigenvalue weighted by molar-refractivity contribution is 7.22. The van der Waals surface area contributed by atoms with Gasteiger partial charge in [0.05, 0.1) is 10.4 Å². The molecule has 28 heavy (non-hydrogen) atoms. The van der Waals surface area contributed by atoms with Crippen LogP contribution in [0.15, 0.2) is 66.7 Å². The molecule has 4 aromatic rings. The number of hydrogen-bond acceptors (Lipinski definition) is 5. The minimum atomic E-state index is -0.747. The quantitative estimate of drug-likeness (QED) is 0.516. The standard InChI is InChI=1S/C22H16N2O3S/c1-13(25)27-20-16-12-17(14-8-4-2-5-9-14)28-21(16)18(24-19(20)22(23)26)15-10-6-3-7-11-15/h2-12H,1H3,(H2,23,26). The van der Waals surface area contributed by atoms with Gasteiger partial charge in [-0.1, -0.05) is 60.7 Å². The van der Waals surface area contributed by atoms with Gasteiger partial charge in [-0.25, -0.2) is 4.98 Å². The first-order valence-corrected chi connectivity index (χ1v) is 9.43. The zero-order chi connectivity index (χ0) is 19.7. The topological polar surface area (TPSA) is 82.3 Å². The molecule has 0 aliphatic heterocycles. The first-order valence-electron chi connectivity index (χ1n) is 8.61. The summed E-state index contributed by atoms with van der Waals surface area (Å²) in [5.41, 5.74) is 8.01. The molecule has 0 saturated heterocycles. The number of esters is 1. The predicted octanol–water partition coefficient (Wildman–Crippen LogP) is 4.65. The summed E-state index contributed by atoms with van der Waals surface area (Å²) in [4.78, 5) is 29.2. The molecule has 2 N–H and O–H groups in total. The van der Waals surface area contributed by atoms with E-state index in [2.05, 4.69) is 4.98 Å². The zero-order valence-electron chi connectivity index (χ0n) is 15.0. The van der Waals surface area contributed by atoms with E-state index >= 15 is 0 Å². The Morgan fingerprint density at radius 2 is 1.57 bits per heavy atom. The van der Waals surface area contributed by atoms with Gasteiger partial charge in [-0.2, -0.15) is 0 Å². The number of benzene rings is 2. The Bertz CT molecular complexity index is 1180. The summed E-state index contributed by atoms with van der Waals surface area (Å²) in [5, 5.41) is 0.640. The van der Waals surface area contributed by atoms with Gasteiger partial charge in [0.2, 0.25) is 0 Å². The molecule has 1 amide bonds. The number of hydrogen-bond donors (Lipinski definition) is 1. The van der Waals surface area contributed by atoms with E-state index in [1.807, 2.05) is 66.7 Å². The van der Waals surface area contributed by atoms with E-state index in [0.29, 0.717) is 11.1 Å². The third kappa shape index (κ3) is 3.25. The van der Waals surface area contributed by atoms with E-state index in [4.69, 9.17) is 10.5 Å². The minimum Gasteiger partial charge on any atom is -0.423 e. The molecular formula is C22H16N2O3S. The smallest absolute Gasteiger partial charge is 0.308 e. The van der Waals surface area contributed by atoms with Crippen molar-refractivity contribution in [2.45, 2.75) is 6.92 Å². The number of carbonyl (C=O) groups excluding carboxylic acids is 2. The van der Waals surface area contributed by atoms with Crippen molar-refractivity contribution in [2.75, 3.05) is 0 Å². The summed E-state index contributed by atoms with van der Waals surface area (Å²) in [6, 6.07) is 21.3. The second-order valence-corrected chi connectivity index (χ2v) is 7.23. The van der Waals surface area contributed by atoms with Crippen LogP contribution in [0, 0.1) is 0 Å². The first kappa shape index (κ1) is 17.9. The Hall–Kier alpha value is -3.51. The molecule has 0 unspecified atom stereocenters. The SMILES string of the molecule is CC(=O)Oc1c(C(N)=O)nc(-c2ccccc2)c2sc(-c3ccccc3)cc12. The van der Waals surface area contributed by atoms with Gasteiger partial charge in [-0.05, 0) is 11.6 Å². The van der Waals surface area contributed by atoms with Crippen LogP contribution < -0.4 is 10.5 Å². The van der Waals surface area contributed by atoms with Gasteiger partial charge in [-0.15, -0.1) is 11.3 Å². The molecule has 0 radical (unpaired) electrons. The number of aromatic nitrogens is 1. The van der Waals surface area contributed by atoms with E-state index in [0.717, 1.165) is 20.7 Å². The van der Waals surface area contributed by atoms with Crippen molar-refractivity contribution in [2.24, 2.45) is 5.73 Å². The molecule has 0 bridgehead atoms. The first-order chi connectivity index (χ1) is 13.5. The van der Waals surface area contributed by atoms with Crippen LogP contribution in [-0.4, -0.2) is 16.9 Å². The number of nitrogens with zero attached hydrogens (tertiary/aromatic N) is 1. The van der Waals surface area contributed by atoms with Crippen LogP contribution in [0.2, 0.25) is 0 Å². The highest BCUT2D eigenvalue weighted by atomic mass is 32.1. The summed E-state index contributed by atoms with van der Waals surface area (Å²) in [7, 11) is 0. The molecule has 0 aliphatic rings. The fourth-order valence-corrected chi connectivity index (χ4v) is 4.20. The molecule has 0 atom stereocenters. The number of thiophene rings is 1. The molecule has 0 saturated carbocycles. The van der Waals surface area contributed by atoms with Crippen LogP contribution in [-0.2, 0) is 4.79 Å². The van der Waals surface area contributed by atoms with Crippen molar-refractivity contribution in [3.8, 4) is 27.4 Å². The number of nitrogens with two attached hydrogens (primary N) is 1. The Labute approximate surface area is 165 Å². The van der Waals surface area contributed by atoms with Gasteiger partial charge in [0.15, 0.2) is 11.4 Å².